The predicted octanol–water partition coefficient (Wildman–Crippen LogP) is 3.19. The first-order chi connectivity index (χ1) is 4.77. The molecule has 0 saturated heterocycles. The molecule has 0 spiro atoms. The van der Waals surface area contributed by atoms with Crippen LogP contribution in [0.1, 0.15) is 13.3 Å². The molecule has 2 heteroatoms. The van der Waals surface area contributed by atoms with E-state index in [9.17, 15) is 0 Å². The van der Waals surface area contributed by atoms with Crippen molar-refractivity contribution in [3.05, 3.63) is 24.3 Å². The largest absolute Gasteiger partial charge is 0.135 e. The van der Waals surface area contributed by atoms with Crippen molar-refractivity contribution in [2.45, 2.75) is 18.1 Å². The van der Waals surface area contributed by atoms with Crippen LogP contribution in [0.25, 0.3) is 0 Å². The molecule has 0 amide bonds. The first-order valence-corrected chi connectivity index (χ1v) is 4.83. The lowest BCUT2D eigenvalue weighted by Crippen LogP contribution is -2.16. The molecular weight excluding hydrogens is 164 g/mol. The molecule has 1 aliphatic rings. The monoisotopic (exact) mass is 174 g/mol. The lowest BCUT2D eigenvalue weighted by atomic mass is 10.0. The summed E-state index contributed by atoms with van der Waals surface area (Å²) in [5.74, 6) is 0. The average molecular weight is 175 g/mol. The summed E-state index contributed by atoms with van der Waals surface area (Å²) in [6, 6.07) is 0. The number of rotatable bonds is 2. The van der Waals surface area contributed by atoms with Gasteiger partial charge in [-0.15, -0.1) is 23.4 Å². The molecule has 0 nitrogen and oxygen atoms in total. The van der Waals surface area contributed by atoms with Crippen LogP contribution in [0.2, 0.25) is 0 Å². The van der Waals surface area contributed by atoms with Crippen molar-refractivity contribution in [3.8, 4) is 0 Å². The third-order valence-corrected chi connectivity index (χ3v) is 3.00. The van der Waals surface area contributed by atoms with Gasteiger partial charge in [-0.05, 0) is 13.3 Å². The minimum absolute atomic E-state index is 0.247. The van der Waals surface area contributed by atoms with Crippen LogP contribution < -0.4 is 0 Å². The molecule has 1 unspecified atom stereocenters. The molecule has 56 valence electrons. The highest BCUT2D eigenvalue weighted by molar-refractivity contribution is 8.01. The number of allylic oxidation sites excluding steroid dienone is 3. The first kappa shape index (κ1) is 8.22. The number of thioether (sulfide) groups is 1. The van der Waals surface area contributed by atoms with Crippen LogP contribution in [0.4, 0.5) is 0 Å². The topological polar surface area (TPSA) is 0 Å². The Morgan fingerprint density at radius 2 is 2.40 bits per heavy atom. The van der Waals surface area contributed by atoms with Gasteiger partial charge in [-0.3, -0.25) is 0 Å². The van der Waals surface area contributed by atoms with Crippen LogP contribution in [0.15, 0.2) is 24.3 Å². The van der Waals surface area contributed by atoms with E-state index >= 15 is 0 Å². The van der Waals surface area contributed by atoms with Crippen molar-refractivity contribution in [2.24, 2.45) is 0 Å². The molecular formula is C8H11ClS. The molecule has 0 aromatic heterocycles. The molecule has 0 saturated carbocycles. The van der Waals surface area contributed by atoms with Crippen LogP contribution in [0, 0.1) is 0 Å². The summed E-state index contributed by atoms with van der Waals surface area (Å²) >= 11 is 7.41. The minimum Gasteiger partial charge on any atom is -0.135 e. The lowest BCUT2D eigenvalue weighted by Gasteiger charge is -2.24. The van der Waals surface area contributed by atoms with Gasteiger partial charge in [-0.1, -0.05) is 24.3 Å². The van der Waals surface area contributed by atoms with Gasteiger partial charge in [-0.25, -0.2) is 0 Å². The second-order valence-electron chi connectivity index (χ2n) is 2.56. The van der Waals surface area contributed by atoms with E-state index in [1.807, 2.05) is 0 Å². The highest BCUT2D eigenvalue weighted by atomic mass is 35.5. The summed E-state index contributed by atoms with van der Waals surface area (Å²) in [5.41, 5.74) is 0. The standard InChI is InChI=1S/C8H11ClS/c1-8(10-7-9)5-3-2-4-6-8/h2-5H,6-7H2,1H3. The van der Waals surface area contributed by atoms with E-state index < -0.39 is 0 Å². The van der Waals surface area contributed by atoms with Crippen molar-refractivity contribution in [1.82, 2.24) is 0 Å². The fourth-order valence-electron chi connectivity index (χ4n) is 0.939. The second kappa shape index (κ2) is 3.49. The van der Waals surface area contributed by atoms with Gasteiger partial charge in [0, 0.05) is 4.75 Å². The molecule has 0 fully saturated rings. The van der Waals surface area contributed by atoms with Gasteiger partial charge in [0.15, 0.2) is 0 Å². The molecule has 10 heavy (non-hydrogen) atoms. The van der Waals surface area contributed by atoms with Crippen LogP contribution in [-0.2, 0) is 0 Å². The van der Waals surface area contributed by atoms with Crippen molar-refractivity contribution >= 4 is 23.4 Å². The minimum atomic E-state index is 0.247. The van der Waals surface area contributed by atoms with E-state index in [2.05, 4.69) is 31.2 Å². The summed E-state index contributed by atoms with van der Waals surface area (Å²) < 4.78 is 0.247. The van der Waals surface area contributed by atoms with Crippen LogP contribution in [0.5, 0.6) is 0 Å². The van der Waals surface area contributed by atoms with Gasteiger partial charge >= 0.3 is 0 Å². The fourth-order valence-corrected chi connectivity index (χ4v) is 2.33. The van der Waals surface area contributed by atoms with Gasteiger partial charge in [-0.2, -0.15) is 0 Å². The molecule has 0 aliphatic heterocycles. The Balaban J connectivity index is 2.52. The zero-order chi connectivity index (χ0) is 7.45. The average Bonchev–Trinajstić information content (AvgIpc) is 1.89. The van der Waals surface area contributed by atoms with Crippen molar-refractivity contribution < 1.29 is 0 Å². The Morgan fingerprint density at radius 3 is 2.90 bits per heavy atom. The molecule has 0 radical (unpaired) electrons. The zero-order valence-electron chi connectivity index (χ0n) is 6.01. The van der Waals surface area contributed by atoms with Crippen LogP contribution in [-0.4, -0.2) is 9.96 Å². The smallest absolute Gasteiger partial charge is 0.0689 e. The predicted molar refractivity (Wildman–Crippen MR) is 49.6 cm³/mol. The number of alkyl halides is 1. The molecule has 0 heterocycles. The summed E-state index contributed by atoms with van der Waals surface area (Å²) in [7, 11) is 0. The van der Waals surface area contributed by atoms with Crippen molar-refractivity contribution in [2.75, 3.05) is 5.21 Å². The van der Waals surface area contributed by atoms with E-state index in [1.165, 1.54) is 0 Å². The van der Waals surface area contributed by atoms with Crippen molar-refractivity contribution in [1.29, 1.82) is 0 Å². The number of halogens is 1. The molecule has 0 aromatic carbocycles. The Morgan fingerprint density at radius 1 is 1.60 bits per heavy atom. The van der Waals surface area contributed by atoms with E-state index in [0.29, 0.717) is 5.21 Å². The highest BCUT2D eigenvalue weighted by Gasteiger charge is 2.19. The number of hydrogen-bond donors (Lipinski definition) is 0. The summed E-state index contributed by atoms with van der Waals surface area (Å²) in [6.45, 7) is 2.21. The van der Waals surface area contributed by atoms with Crippen molar-refractivity contribution in [3.63, 3.8) is 0 Å². The van der Waals surface area contributed by atoms with E-state index in [-0.39, 0.29) is 4.75 Å². The van der Waals surface area contributed by atoms with Gasteiger partial charge in [0.2, 0.25) is 0 Å². The second-order valence-corrected chi connectivity index (χ2v) is 4.65. The van der Waals surface area contributed by atoms with E-state index in [1.54, 1.807) is 11.8 Å². The Kier molecular flexibility index (Phi) is 2.87. The van der Waals surface area contributed by atoms with Gasteiger partial charge in [0.25, 0.3) is 0 Å². The van der Waals surface area contributed by atoms with Gasteiger partial charge < -0.3 is 0 Å². The Labute approximate surface area is 71.3 Å². The third-order valence-electron chi connectivity index (χ3n) is 1.60. The summed E-state index contributed by atoms with van der Waals surface area (Å²) in [4.78, 5) is 0. The van der Waals surface area contributed by atoms with E-state index in [4.69, 9.17) is 11.6 Å². The Bertz CT molecular complexity index is 163. The quantitative estimate of drug-likeness (QED) is 0.580. The van der Waals surface area contributed by atoms with E-state index in [0.717, 1.165) is 6.42 Å². The van der Waals surface area contributed by atoms with Gasteiger partial charge in [0.1, 0.15) is 0 Å². The SMILES string of the molecule is CC1(SCCl)C=CC=CC1. The normalized spacial score (nSPS) is 31.0. The summed E-state index contributed by atoms with van der Waals surface area (Å²) in [5, 5.41) is 0.675. The van der Waals surface area contributed by atoms with Crippen LogP contribution >= 0.6 is 23.4 Å². The molecule has 1 atom stereocenters. The van der Waals surface area contributed by atoms with Gasteiger partial charge in [0.05, 0.1) is 5.21 Å². The number of hydrogen-bond acceptors (Lipinski definition) is 1. The lowest BCUT2D eigenvalue weighted by molar-refractivity contribution is 0.799. The maximum Gasteiger partial charge on any atom is 0.0689 e. The zero-order valence-corrected chi connectivity index (χ0v) is 7.58. The maximum atomic E-state index is 5.63. The summed E-state index contributed by atoms with van der Waals surface area (Å²) in [6.07, 6.45) is 9.65. The molecule has 1 rings (SSSR count). The highest BCUT2D eigenvalue weighted by Crippen LogP contribution is 2.33. The first-order valence-electron chi connectivity index (χ1n) is 3.31. The molecule has 1 aliphatic carbocycles. The molecule has 0 aromatic rings. The molecule has 0 bridgehead atoms. The Hall–Kier alpha value is 0.120. The molecule has 0 N–H and O–H groups in total. The maximum absolute atomic E-state index is 5.63. The fraction of sp³-hybridized carbons (Fsp3) is 0.500. The van der Waals surface area contributed by atoms with Crippen LogP contribution in [0.3, 0.4) is 0 Å². The third kappa shape index (κ3) is 2.06.